The van der Waals surface area contributed by atoms with Crippen molar-refractivity contribution in [1.82, 2.24) is 14.9 Å². The molecule has 2 aromatic rings. The van der Waals surface area contributed by atoms with Gasteiger partial charge in [-0.15, -0.1) is 0 Å². The van der Waals surface area contributed by atoms with E-state index in [1.807, 2.05) is 0 Å². The van der Waals surface area contributed by atoms with Gasteiger partial charge in [-0.2, -0.15) is 0 Å². The molecule has 2 atom stereocenters. The standard InChI is InChI=1S/C17H25N3O/c1-3-9-20-16-7-5-4-6-15(16)19-17(20)12-18-11-14-8-10-21-13(14)2/h4-7,13-14,18H,3,8-12H2,1-2H3. The molecule has 1 aromatic carbocycles. The Balaban J connectivity index is 1.69. The van der Waals surface area contributed by atoms with Crippen molar-refractivity contribution < 1.29 is 4.74 Å². The van der Waals surface area contributed by atoms with Crippen LogP contribution in [-0.4, -0.2) is 28.8 Å². The molecule has 1 aliphatic rings. The van der Waals surface area contributed by atoms with Crippen molar-refractivity contribution in [2.75, 3.05) is 13.2 Å². The van der Waals surface area contributed by atoms with Gasteiger partial charge in [0.05, 0.1) is 23.7 Å². The molecule has 2 unspecified atom stereocenters. The van der Waals surface area contributed by atoms with E-state index in [2.05, 4.69) is 48.0 Å². The van der Waals surface area contributed by atoms with Crippen LogP contribution in [0.2, 0.25) is 0 Å². The Labute approximate surface area is 126 Å². The Morgan fingerprint density at radius 3 is 3.00 bits per heavy atom. The smallest absolute Gasteiger partial charge is 0.123 e. The van der Waals surface area contributed by atoms with Gasteiger partial charge in [-0.25, -0.2) is 4.98 Å². The number of aryl methyl sites for hydroxylation is 1. The van der Waals surface area contributed by atoms with Gasteiger partial charge in [0.15, 0.2) is 0 Å². The number of hydrogen-bond donors (Lipinski definition) is 1. The van der Waals surface area contributed by atoms with E-state index in [1.165, 1.54) is 11.9 Å². The Bertz CT molecular complexity index is 593. The van der Waals surface area contributed by atoms with E-state index in [1.54, 1.807) is 0 Å². The van der Waals surface area contributed by atoms with Gasteiger partial charge in [0, 0.05) is 19.7 Å². The molecule has 0 saturated carbocycles. The van der Waals surface area contributed by atoms with E-state index >= 15 is 0 Å². The molecule has 1 aliphatic heterocycles. The van der Waals surface area contributed by atoms with Crippen LogP contribution < -0.4 is 5.32 Å². The van der Waals surface area contributed by atoms with Gasteiger partial charge in [0.2, 0.25) is 0 Å². The molecule has 0 amide bonds. The van der Waals surface area contributed by atoms with Gasteiger partial charge in [0.1, 0.15) is 5.82 Å². The lowest BCUT2D eigenvalue weighted by atomic mass is 10.0. The van der Waals surface area contributed by atoms with Crippen LogP contribution >= 0.6 is 0 Å². The molecule has 0 bridgehead atoms. The fourth-order valence-corrected chi connectivity index (χ4v) is 3.15. The lowest BCUT2D eigenvalue weighted by Gasteiger charge is -2.15. The minimum Gasteiger partial charge on any atom is -0.378 e. The molecular weight excluding hydrogens is 262 g/mol. The third-order valence-electron chi connectivity index (χ3n) is 4.40. The quantitative estimate of drug-likeness (QED) is 0.888. The second-order valence-electron chi connectivity index (χ2n) is 5.92. The van der Waals surface area contributed by atoms with Crippen LogP contribution in [0.5, 0.6) is 0 Å². The zero-order valence-corrected chi connectivity index (χ0v) is 13.0. The van der Waals surface area contributed by atoms with Crippen molar-refractivity contribution in [2.45, 2.75) is 45.9 Å². The molecule has 2 heterocycles. The van der Waals surface area contributed by atoms with Crippen LogP contribution in [0.1, 0.15) is 32.5 Å². The summed E-state index contributed by atoms with van der Waals surface area (Å²) in [6, 6.07) is 8.40. The van der Waals surface area contributed by atoms with Gasteiger partial charge in [0.25, 0.3) is 0 Å². The van der Waals surface area contributed by atoms with E-state index in [0.29, 0.717) is 12.0 Å². The van der Waals surface area contributed by atoms with Gasteiger partial charge in [-0.1, -0.05) is 19.1 Å². The molecule has 0 radical (unpaired) electrons. The molecule has 0 aliphatic carbocycles. The first kappa shape index (κ1) is 14.5. The van der Waals surface area contributed by atoms with Crippen molar-refractivity contribution in [1.29, 1.82) is 0 Å². The van der Waals surface area contributed by atoms with Gasteiger partial charge >= 0.3 is 0 Å². The van der Waals surface area contributed by atoms with Crippen molar-refractivity contribution in [2.24, 2.45) is 5.92 Å². The highest BCUT2D eigenvalue weighted by Crippen LogP contribution is 2.20. The van der Waals surface area contributed by atoms with Crippen molar-refractivity contribution in [3.63, 3.8) is 0 Å². The topological polar surface area (TPSA) is 39.1 Å². The Morgan fingerprint density at radius 1 is 1.38 bits per heavy atom. The molecule has 1 saturated heterocycles. The number of hydrogen-bond acceptors (Lipinski definition) is 3. The molecular formula is C17H25N3O. The minimum atomic E-state index is 0.381. The minimum absolute atomic E-state index is 0.381. The second kappa shape index (κ2) is 6.58. The fourth-order valence-electron chi connectivity index (χ4n) is 3.15. The zero-order chi connectivity index (χ0) is 14.7. The van der Waals surface area contributed by atoms with Crippen LogP contribution in [0.15, 0.2) is 24.3 Å². The molecule has 21 heavy (non-hydrogen) atoms. The van der Waals surface area contributed by atoms with E-state index in [9.17, 15) is 0 Å². The highest BCUT2D eigenvalue weighted by Gasteiger charge is 2.23. The first-order valence-electron chi connectivity index (χ1n) is 8.06. The van der Waals surface area contributed by atoms with Gasteiger partial charge in [-0.05, 0) is 37.8 Å². The third-order valence-corrected chi connectivity index (χ3v) is 4.40. The van der Waals surface area contributed by atoms with E-state index in [0.717, 1.165) is 44.0 Å². The first-order valence-corrected chi connectivity index (χ1v) is 8.06. The van der Waals surface area contributed by atoms with E-state index in [-0.39, 0.29) is 0 Å². The van der Waals surface area contributed by atoms with Crippen molar-refractivity contribution in [3.05, 3.63) is 30.1 Å². The van der Waals surface area contributed by atoms with Crippen molar-refractivity contribution >= 4 is 11.0 Å². The van der Waals surface area contributed by atoms with Gasteiger partial charge < -0.3 is 14.6 Å². The number of fused-ring (bicyclic) bond motifs is 1. The fraction of sp³-hybridized carbons (Fsp3) is 0.588. The first-order chi connectivity index (χ1) is 10.3. The predicted molar refractivity (Wildman–Crippen MR) is 85.3 cm³/mol. The number of nitrogens with one attached hydrogen (secondary N) is 1. The third kappa shape index (κ3) is 3.11. The average molecular weight is 287 g/mol. The Morgan fingerprint density at radius 2 is 2.24 bits per heavy atom. The zero-order valence-electron chi connectivity index (χ0n) is 13.0. The highest BCUT2D eigenvalue weighted by atomic mass is 16.5. The van der Waals surface area contributed by atoms with Crippen LogP contribution in [-0.2, 0) is 17.8 Å². The number of nitrogens with zero attached hydrogens (tertiary/aromatic N) is 2. The van der Waals surface area contributed by atoms with Crippen molar-refractivity contribution in [3.8, 4) is 0 Å². The largest absolute Gasteiger partial charge is 0.378 e. The summed E-state index contributed by atoms with van der Waals surface area (Å²) in [7, 11) is 0. The summed E-state index contributed by atoms with van der Waals surface area (Å²) in [4.78, 5) is 4.78. The maximum atomic E-state index is 5.62. The number of imidazole rings is 1. The number of ether oxygens (including phenoxy) is 1. The number of benzene rings is 1. The van der Waals surface area contributed by atoms with Gasteiger partial charge in [-0.3, -0.25) is 0 Å². The summed E-state index contributed by atoms with van der Waals surface area (Å²) in [6.07, 6.45) is 2.67. The normalized spacial score (nSPS) is 22.2. The molecule has 4 nitrogen and oxygen atoms in total. The summed E-state index contributed by atoms with van der Waals surface area (Å²) in [6.45, 7) is 8.16. The number of para-hydroxylation sites is 2. The second-order valence-corrected chi connectivity index (χ2v) is 5.92. The molecule has 114 valence electrons. The van der Waals surface area contributed by atoms with E-state index < -0.39 is 0 Å². The van der Waals surface area contributed by atoms with Crippen LogP contribution in [0.3, 0.4) is 0 Å². The number of aromatic nitrogens is 2. The summed E-state index contributed by atoms with van der Waals surface area (Å²) in [5.74, 6) is 1.78. The summed E-state index contributed by atoms with van der Waals surface area (Å²) in [5, 5.41) is 3.57. The Hall–Kier alpha value is -1.39. The molecule has 1 aromatic heterocycles. The molecule has 1 N–H and O–H groups in total. The highest BCUT2D eigenvalue weighted by molar-refractivity contribution is 5.75. The molecule has 1 fully saturated rings. The average Bonchev–Trinajstić information content (AvgIpc) is 3.05. The molecule has 0 spiro atoms. The number of rotatable bonds is 6. The summed E-state index contributed by atoms with van der Waals surface area (Å²) < 4.78 is 7.96. The predicted octanol–water partition coefficient (Wildman–Crippen LogP) is 2.96. The van der Waals surface area contributed by atoms with Crippen LogP contribution in [0.25, 0.3) is 11.0 Å². The lowest BCUT2D eigenvalue weighted by Crippen LogP contribution is -2.27. The Kier molecular flexibility index (Phi) is 4.56. The molecule has 4 heteroatoms. The summed E-state index contributed by atoms with van der Waals surface area (Å²) >= 11 is 0. The molecule has 3 rings (SSSR count). The monoisotopic (exact) mass is 287 g/mol. The lowest BCUT2D eigenvalue weighted by molar-refractivity contribution is 0.105. The SMILES string of the molecule is CCCn1c(CNCC2CCOC2C)nc2ccccc21. The maximum absolute atomic E-state index is 5.62. The van der Waals surface area contributed by atoms with Crippen LogP contribution in [0.4, 0.5) is 0 Å². The summed E-state index contributed by atoms with van der Waals surface area (Å²) in [5.41, 5.74) is 2.34. The maximum Gasteiger partial charge on any atom is 0.123 e. The van der Waals surface area contributed by atoms with E-state index in [4.69, 9.17) is 9.72 Å². The van der Waals surface area contributed by atoms with Crippen LogP contribution in [0, 0.1) is 5.92 Å².